The van der Waals surface area contributed by atoms with Crippen LogP contribution in [0.15, 0.2) is 395 Å². The molecule has 0 amide bonds. The molecule has 655 valence electrons. The van der Waals surface area contributed by atoms with Gasteiger partial charge in [0.1, 0.15) is 0 Å². The Kier molecular flexibility index (Phi) is 47.4. The molecule has 6 aromatic heterocycles. The first-order valence-corrected chi connectivity index (χ1v) is 40.3. The maximum atomic E-state index is 10.0. The number of allylic oxidation sites excluding steroid dienone is 4. The zero-order chi connectivity index (χ0) is 87.1. The minimum atomic E-state index is -0.125. The Morgan fingerprint density at radius 3 is 0.906 bits per heavy atom. The van der Waals surface area contributed by atoms with Crippen LogP contribution in [-0.4, -0.2) is 51.7 Å². The van der Waals surface area contributed by atoms with Gasteiger partial charge in [-0.3, -0.25) is 9.59 Å². The molecule has 0 fully saturated rings. The first kappa shape index (κ1) is 107. The SMILES string of the molecule is CC(=O)C=C(C)O.CC(=O)C=C(C)O.Cc1[c-]c(-c2ccc(-c3ccccc3)cn2)cc(C)c1.Cc1[c-]c(-c2ccc(-c3ccccc3)cn2)cc(C)c1.Cc1c[c-]c(-c2ccc(-c3ccccc3)cn2)c(C)c1.Cc1ccc(-c2ccnc(-c3[c-]cccc3)c2)cc1.[Ir].[Ir].[Ir].[Ir].[Ir].[c-]1ccccc1-c1cc(-c2ccccc2)ccn1.[c-]1ccccc1-c1ccccn1. The first-order valence-electron chi connectivity index (χ1n) is 40.3. The first-order chi connectivity index (χ1) is 59.7. The van der Waals surface area contributed by atoms with Gasteiger partial charge in [-0.05, 0) is 143 Å². The van der Waals surface area contributed by atoms with E-state index in [0.717, 1.165) is 95.4 Å². The molecule has 0 aliphatic rings. The Labute approximate surface area is 823 Å². The molecule has 2 N–H and O–H groups in total. The van der Waals surface area contributed by atoms with Crippen LogP contribution in [0, 0.1) is 84.9 Å². The van der Waals surface area contributed by atoms with Crippen LogP contribution >= 0.6 is 0 Å². The minimum Gasteiger partial charge on any atom is -0.512 e. The van der Waals surface area contributed by atoms with Gasteiger partial charge in [-0.25, -0.2) is 0 Å². The van der Waals surface area contributed by atoms with Gasteiger partial charge in [0, 0.05) is 150 Å². The molecule has 5 radical (unpaired) electrons. The smallest absolute Gasteiger partial charge is 0.155 e. The van der Waals surface area contributed by atoms with E-state index >= 15 is 0 Å². The molecule has 17 rings (SSSR count). The van der Waals surface area contributed by atoms with Crippen LogP contribution in [0.2, 0.25) is 0 Å². The predicted octanol–water partition coefficient (Wildman–Crippen LogP) is 27.8. The number of nitrogens with zero attached hydrogens (tertiary/aromatic N) is 6. The van der Waals surface area contributed by atoms with Gasteiger partial charge in [-0.2, -0.15) is 0 Å². The Bertz CT molecular complexity index is 5890. The van der Waals surface area contributed by atoms with Gasteiger partial charge in [-0.1, -0.05) is 253 Å². The average Bonchev–Trinajstić information content (AvgIpc) is 0.790. The van der Waals surface area contributed by atoms with E-state index in [1.807, 2.05) is 213 Å². The standard InChI is InChI=1S/3C19H16N.C18H14N.C17H12N.C11H8N.2C5H8O2.5Ir/c1-14-8-10-18(15(2)12-14)19-11-9-17(13-20-19)16-6-4-3-5-7-16;2*1-14-10-15(2)12-18(11-14)19-9-8-17(13-20-19)16-6-4-3-5-7-16;1-14-7-9-15(10-8-14)17-11-12-19-18(13-17)16-5-3-2-4-6-16;1-3-7-14(8-4-1)16-11-12-18-17(13-16)15-9-5-2-6-10-15;1-2-6-10(7-3-1)11-8-4-5-9-12-11;2*1-4(6)3-5(2)7;;;;;/h3-9,11-13H,1-2H3;2*3-11,13H,1-2H3;2-5,7-13H,1H3;1-9,11-13H;1-6,8-9H;2*3,6H,1-2H3;;;;;/q6*-1;;;;;;;. The fourth-order valence-electron chi connectivity index (χ4n) is 12.8. The van der Waals surface area contributed by atoms with Gasteiger partial charge in [0.05, 0.1) is 11.5 Å². The van der Waals surface area contributed by atoms with E-state index in [2.05, 4.69) is 266 Å². The third kappa shape index (κ3) is 36.0. The van der Waals surface area contributed by atoms with E-state index in [1.165, 1.54) is 107 Å². The van der Waals surface area contributed by atoms with E-state index in [0.29, 0.717) is 0 Å². The Hall–Kier alpha value is -12.0. The van der Waals surface area contributed by atoms with Crippen LogP contribution in [0.25, 0.3) is 123 Å². The average molecular weight is 2570 g/mol. The molecule has 0 saturated heterocycles. The van der Waals surface area contributed by atoms with Crippen LogP contribution in [0.1, 0.15) is 66.6 Å². The number of aliphatic hydroxyl groups is 2. The maximum Gasteiger partial charge on any atom is 0.155 e. The number of aryl methyl sites for hydroxylation is 7. The third-order valence-corrected chi connectivity index (χ3v) is 18.5. The van der Waals surface area contributed by atoms with E-state index in [4.69, 9.17) is 10.2 Å². The van der Waals surface area contributed by atoms with E-state index in [-0.39, 0.29) is 124 Å². The number of aromatic nitrogens is 6. The van der Waals surface area contributed by atoms with Crippen molar-refractivity contribution in [3.63, 3.8) is 0 Å². The molecular formula is C113H98Ir5N6O4-6. The van der Waals surface area contributed by atoms with Gasteiger partial charge in [-0.15, -0.1) is 212 Å². The second-order valence-electron chi connectivity index (χ2n) is 29.1. The molecule has 6 heterocycles. The molecule has 15 heteroatoms. The summed E-state index contributed by atoms with van der Waals surface area (Å²) in [5.74, 6) is -0.125. The second-order valence-corrected chi connectivity index (χ2v) is 29.1. The summed E-state index contributed by atoms with van der Waals surface area (Å²) in [7, 11) is 0. The van der Waals surface area contributed by atoms with E-state index < -0.39 is 0 Å². The van der Waals surface area contributed by atoms with Crippen LogP contribution in [0.4, 0.5) is 0 Å². The Morgan fingerprint density at radius 2 is 0.594 bits per heavy atom. The number of hydrogen-bond donors (Lipinski definition) is 2. The molecule has 0 spiro atoms. The molecule has 17 aromatic rings. The number of carbonyl (C=O) groups excluding carboxylic acids is 2. The van der Waals surface area contributed by atoms with Crippen LogP contribution in [-0.2, 0) is 110 Å². The molecule has 0 bridgehead atoms. The van der Waals surface area contributed by atoms with E-state index in [1.54, 1.807) is 6.20 Å². The van der Waals surface area contributed by atoms with Crippen molar-refractivity contribution in [1.29, 1.82) is 0 Å². The van der Waals surface area contributed by atoms with Crippen molar-refractivity contribution in [2.45, 2.75) is 76.2 Å². The number of hydrogen-bond acceptors (Lipinski definition) is 10. The van der Waals surface area contributed by atoms with Crippen molar-refractivity contribution < 1.29 is 120 Å². The quantitative estimate of drug-likeness (QED) is 0.0648. The molecule has 0 atom stereocenters. The molecule has 10 nitrogen and oxygen atoms in total. The summed E-state index contributed by atoms with van der Waals surface area (Å²) in [6.45, 7) is 20.3. The largest absolute Gasteiger partial charge is 0.512 e. The van der Waals surface area contributed by atoms with Crippen molar-refractivity contribution in [3.05, 3.63) is 470 Å². The molecule has 0 aliphatic heterocycles. The van der Waals surface area contributed by atoms with Crippen LogP contribution in [0.3, 0.4) is 0 Å². The molecule has 0 saturated carbocycles. The van der Waals surface area contributed by atoms with Gasteiger partial charge < -0.3 is 40.1 Å². The second kappa shape index (κ2) is 56.9. The molecule has 0 unspecified atom stereocenters. The summed E-state index contributed by atoms with van der Waals surface area (Å²) in [6.07, 6.45) is 13.6. The van der Waals surface area contributed by atoms with Crippen molar-refractivity contribution in [3.8, 4) is 123 Å². The Balaban J connectivity index is 0.000000263. The van der Waals surface area contributed by atoms with E-state index in [9.17, 15) is 9.59 Å². The Morgan fingerprint density at radius 1 is 0.266 bits per heavy atom. The van der Waals surface area contributed by atoms with Crippen molar-refractivity contribution in [2.75, 3.05) is 0 Å². The number of benzene rings is 11. The summed E-state index contributed by atoms with van der Waals surface area (Å²) in [4.78, 5) is 46.8. The molecule has 11 aromatic carbocycles. The summed E-state index contributed by atoms with van der Waals surface area (Å²) >= 11 is 0. The van der Waals surface area contributed by atoms with Gasteiger partial charge in [0.15, 0.2) is 11.6 Å². The van der Waals surface area contributed by atoms with Gasteiger partial charge in [0.2, 0.25) is 0 Å². The maximum absolute atomic E-state index is 10.0. The number of pyridine rings is 6. The monoisotopic (exact) mass is 2570 g/mol. The van der Waals surface area contributed by atoms with Gasteiger partial charge >= 0.3 is 0 Å². The number of ketones is 2. The van der Waals surface area contributed by atoms with Crippen molar-refractivity contribution in [1.82, 2.24) is 29.9 Å². The normalized spacial score (nSPS) is 10.1. The third-order valence-electron chi connectivity index (χ3n) is 18.5. The number of rotatable bonds is 13. The zero-order valence-corrected chi connectivity index (χ0v) is 84.9. The summed E-state index contributed by atoms with van der Waals surface area (Å²) in [5, 5.41) is 16.7. The van der Waals surface area contributed by atoms with Crippen LogP contribution in [0.5, 0.6) is 0 Å². The fourth-order valence-corrected chi connectivity index (χ4v) is 12.8. The van der Waals surface area contributed by atoms with Crippen molar-refractivity contribution >= 4 is 11.6 Å². The minimum absolute atomic E-state index is 0. The predicted molar refractivity (Wildman–Crippen MR) is 506 cm³/mol. The number of carbonyl (C=O) groups is 2. The topological polar surface area (TPSA) is 152 Å². The molecular weight excluding hydrogens is 2470 g/mol. The zero-order valence-electron chi connectivity index (χ0n) is 72.9. The van der Waals surface area contributed by atoms with Crippen molar-refractivity contribution in [2.24, 2.45) is 0 Å². The van der Waals surface area contributed by atoms with Crippen LogP contribution < -0.4 is 0 Å². The summed E-state index contributed by atoms with van der Waals surface area (Å²) < 4.78 is 0. The molecule has 128 heavy (non-hydrogen) atoms. The number of aliphatic hydroxyl groups excluding tert-OH is 2. The van der Waals surface area contributed by atoms with Gasteiger partial charge in [0.25, 0.3) is 0 Å². The fraction of sp³-hybridized carbons (Fsp3) is 0.0973. The molecule has 0 aliphatic carbocycles. The summed E-state index contributed by atoms with van der Waals surface area (Å²) in [5.41, 5.74) is 32.3. The summed E-state index contributed by atoms with van der Waals surface area (Å²) in [6, 6.07) is 132.